The largest absolute Gasteiger partial charge is 0.436 e. The molecule has 0 radical (unpaired) electrons. The van der Waals surface area contributed by atoms with Crippen LogP contribution >= 0.6 is 28.1 Å². The topological polar surface area (TPSA) is 59.0 Å². The third-order valence-electron chi connectivity index (χ3n) is 3.78. The zero-order valence-electron chi connectivity index (χ0n) is 14.7. The Balaban J connectivity index is 1.81. The number of thiocarbonyl (C=S) groups is 1. The maximum absolute atomic E-state index is 12.9. The molecule has 1 heterocycles. The van der Waals surface area contributed by atoms with Crippen molar-refractivity contribution < 1.29 is 18.0 Å². The Hall–Kier alpha value is -1.94. The molecule has 2 rings (SSSR count). The van der Waals surface area contributed by atoms with E-state index in [0.717, 1.165) is 5.69 Å². The number of hydrogen-bond acceptors (Lipinski definition) is 3. The van der Waals surface area contributed by atoms with Crippen molar-refractivity contribution in [2.24, 2.45) is 0 Å². The van der Waals surface area contributed by atoms with Gasteiger partial charge in [-0.15, -0.1) is 0 Å². The third kappa shape index (κ3) is 5.77. The molecule has 27 heavy (non-hydrogen) atoms. The zero-order valence-corrected chi connectivity index (χ0v) is 17.1. The lowest BCUT2D eigenvalue weighted by Gasteiger charge is -2.11. The van der Waals surface area contributed by atoms with Crippen molar-refractivity contribution >= 4 is 44.7 Å². The van der Waals surface area contributed by atoms with Gasteiger partial charge in [0.15, 0.2) is 16.6 Å². The zero-order chi connectivity index (χ0) is 20.2. The highest BCUT2D eigenvalue weighted by atomic mass is 79.9. The summed E-state index contributed by atoms with van der Waals surface area (Å²) in [5, 5.41) is 9.99. The molecule has 0 fully saturated rings. The van der Waals surface area contributed by atoms with Crippen LogP contribution in [0.5, 0.6) is 0 Å². The second-order valence-electron chi connectivity index (χ2n) is 5.84. The van der Waals surface area contributed by atoms with Gasteiger partial charge in [0.25, 0.3) is 0 Å². The Morgan fingerprint density at radius 1 is 1.30 bits per heavy atom. The molecule has 0 bridgehead atoms. The fraction of sp³-hybridized carbons (Fsp3) is 0.353. The number of carbonyl (C=O) groups excluding carboxylic acids is 1. The maximum Gasteiger partial charge on any atom is 0.436 e. The molecule has 0 aliphatic carbocycles. The fourth-order valence-electron chi connectivity index (χ4n) is 2.32. The molecular weight excluding hydrogens is 445 g/mol. The third-order valence-corrected chi connectivity index (χ3v) is 4.98. The van der Waals surface area contributed by atoms with Crippen molar-refractivity contribution in [2.75, 3.05) is 11.9 Å². The van der Waals surface area contributed by atoms with Gasteiger partial charge >= 0.3 is 6.18 Å². The lowest BCUT2D eigenvalue weighted by atomic mass is 10.1. The second-order valence-corrected chi connectivity index (χ2v) is 7.04. The SMILES string of the molecule is CC(=O)c1ccc(NC(=S)NCCCn2nc(C(F)(F)F)c(Br)c2C)cc1. The Morgan fingerprint density at radius 3 is 2.44 bits per heavy atom. The normalized spacial score (nSPS) is 11.3. The van der Waals surface area contributed by atoms with E-state index in [2.05, 4.69) is 31.7 Å². The van der Waals surface area contributed by atoms with Crippen LogP contribution in [0.25, 0.3) is 0 Å². The van der Waals surface area contributed by atoms with E-state index in [-0.39, 0.29) is 10.3 Å². The summed E-state index contributed by atoms with van der Waals surface area (Å²) in [5.74, 6) is -0.0171. The van der Waals surface area contributed by atoms with Crippen molar-refractivity contribution in [1.29, 1.82) is 0 Å². The standard InChI is InChI=1S/C17H18BrF3N4OS/c1-10-14(18)15(17(19,20)21)24-25(10)9-3-8-22-16(27)23-13-6-4-12(5-7-13)11(2)26/h4-7H,3,8-9H2,1-2H3,(H2,22,23,27). The van der Waals surface area contributed by atoms with Crippen LogP contribution < -0.4 is 10.6 Å². The van der Waals surface area contributed by atoms with Gasteiger partial charge in [0, 0.05) is 24.3 Å². The highest BCUT2D eigenvalue weighted by Gasteiger charge is 2.37. The summed E-state index contributed by atoms with van der Waals surface area (Å²) in [5.41, 5.74) is 0.852. The Bertz CT molecular complexity index is 834. The van der Waals surface area contributed by atoms with Crippen LogP contribution in [-0.2, 0) is 12.7 Å². The van der Waals surface area contributed by atoms with E-state index in [1.54, 1.807) is 31.2 Å². The number of anilines is 1. The van der Waals surface area contributed by atoms with Gasteiger partial charge in [-0.2, -0.15) is 18.3 Å². The molecule has 1 aromatic heterocycles. The van der Waals surface area contributed by atoms with Gasteiger partial charge in [-0.1, -0.05) is 0 Å². The summed E-state index contributed by atoms with van der Waals surface area (Å²) in [4.78, 5) is 11.2. The summed E-state index contributed by atoms with van der Waals surface area (Å²) in [7, 11) is 0. The number of Topliss-reactive ketones (excluding diaryl/α,β-unsaturated/α-hetero) is 1. The average Bonchev–Trinajstić information content (AvgIpc) is 2.87. The maximum atomic E-state index is 12.9. The van der Waals surface area contributed by atoms with Crippen LogP contribution in [0.3, 0.4) is 0 Å². The summed E-state index contributed by atoms with van der Waals surface area (Å²) in [6.45, 7) is 3.86. The van der Waals surface area contributed by atoms with Crippen molar-refractivity contribution in [3.63, 3.8) is 0 Å². The Morgan fingerprint density at radius 2 is 1.93 bits per heavy atom. The molecule has 0 amide bonds. The number of aryl methyl sites for hydroxylation is 1. The minimum Gasteiger partial charge on any atom is -0.362 e. The second kappa shape index (κ2) is 8.83. The minimum absolute atomic E-state index is 0.0171. The first kappa shape index (κ1) is 21.4. The molecule has 146 valence electrons. The number of benzene rings is 1. The van der Waals surface area contributed by atoms with Gasteiger partial charge in [-0.05, 0) is 72.7 Å². The monoisotopic (exact) mass is 462 g/mol. The van der Waals surface area contributed by atoms with E-state index in [4.69, 9.17) is 12.2 Å². The van der Waals surface area contributed by atoms with Gasteiger partial charge in [0.2, 0.25) is 0 Å². The molecule has 2 aromatic rings. The van der Waals surface area contributed by atoms with Crippen LogP contribution in [0.4, 0.5) is 18.9 Å². The molecular formula is C17H18BrF3N4OS. The number of alkyl halides is 3. The number of hydrogen-bond donors (Lipinski definition) is 2. The first-order valence-electron chi connectivity index (χ1n) is 8.05. The van der Waals surface area contributed by atoms with E-state index in [9.17, 15) is 18.0 Å². The summed E-state index contributed by atoms with van der Waals surface area (Å²) >= 11 is 8.13. The number of rotatable bonds is 6. The lowest BCUT2D eigenvalue weighted by molar-refractivity contribution is -0.142. The summed E-state index contributed by atoms with van der Waals surface area (Å²) in [6, 6.07) is 6.88. The number of aromatic nitrogens is 2. The highest BCUT2D eigenvalue weighted by molar-refractivity contribution is 9.10. The van der Waals surface area contributed by atoms with Gasteiger partial charge < -0.3 is 10.6 Å². The van der Waals surface area contributed by atoms with Crippen LogP contribution in [-0.4, -0.2) is 27.2 Å². The fourth-order valence-corrected chi connectivity index (χ4v) is 3.05. The average molecular weight is 463 g/mol. The van der Waals surface area contributed by atoms with Crippen molar-refractivity contribution in [3.05, 3.63) is 45.7 Å². The summed E-state index contributed by atoms with van der Waals surface area (Å²) < 4.78 is 39.8. The molecule has 0 saturated heterocycles. The van der Waals surface area contributed by atoms with Gasteiger partial charge in [0.1, 0.15) is 0 Å². The van der Waals surface area contributed by atoms with Crippen LogP contribution in [0.2, 0.25) is 0 Å². The molecule has 0 aliphatic rings. The first-order chi connectivity index (χ1) is 12.6. The first-order valence-corrected chi connectivity index (χ1v) is 9.25. The minimum atomic E-state index is -4.49. The molecule has 2 N–H and O–H groups in total. The van der Waals surface area contributed by atoms with Crippen LogP contribution in [0, 0.1) is 6.92 Å². The van der Waals surface area contributed by atoms with Crippen molar-refractivity contribution in [3.8, 4) is 0 Å². The van der Waals surface area contributed by atoms with Crippen LogP contribution in [0.15, 0.2) is 28.7 Å². The smallest absolute Gasteiger partial charge is 0.362 e. The highest BCUT2D eigenvalue weighted by Crippen LogP contribution is 2.35. The number of nitrogens with zero attached hydrogens (tertiary/aromatic N) is 2. The van der Waals surface area contributed by atoms with Crippen molar-refractivity contribution in [2.45, 2.75) is 33.0 Å². The van der Waals surface area contributed by atoms with Gasteiger partial charge in [-0.25, -0.2) is 0 Å². The van der Waals surface area contributed by atoms with E-state index in [1.807, 2.05) is 0 Å². The van der Waals surface area contributed by atoms with Crippen molar-refractivity contribution in [1.82, 2.24) is 15.1 Å². The number of ketones is 1. The molecule has 0 atom stereocenters. The Labute approximate surface area is 168 Å². The number of carbonyl (C=O) groups is 1. The lowest BCUT2D eigenvalue weighted by Crippen LogP contribution is -2.29. The van der Waals surface area contributed by atoms with Crippen LogP contribution in [0.1, 0.15) is 35.1 Å². The molecule has 0 saturated carbocycles. The molecule has 0 spiro atoms. The quantitative estimate of drug-likeness (QED) is 0.374. The predicted molar refractivity (Wildman–Crippen MR) is 105 cm³/mol. The molecule has 1 aromatic carbocycles. The Kier molecular flexibility index (Phi) is 6.99. The van der Waals surface area contributed by atoms with E-state index in [0.29, 0.717) is 35.9 Å². The van der Waals surface area contributed by atoms with E-state index >= 15 is 0 Å². The predicted octanol–water partition coefficient (Wildman–Crippen LogP) is 4.55. The molecule has 10 heteroatoms. The molecule has 0 aliphatic heterocycles. The number of halogens is 4. The van der Waals surface area contributed by atoms with E-state index in [1.165, 1.54) is 11.6 Å². The molecule has 0 unspecified atom stereocenters. The van der Waals surface area contributed by atoms with Gasteiger partial charge in [0.05, 0.1) is 10.2 Å². The van der Waals surface area contributed by atoms with Gasteiger partial charge in [-0.3, -0.25) is 9.48 Å². The summed E-state index contributed by atoms with van der Waals surface area (Å²) in [6.07, 6.45) is -3.95. The molecule has 5 nitrogen and oxygen atoms in total. The number of nitrogens with one attached hydrogen (secondary N) is 2. The van der Waals surface area contributed by atoms with E-state index < -0.39 is 11.9 Å².